The number of rotatable bonds is 1. The highest BCUT2D eigenvalue weighted by Gasteiger charge is 2.34. The fraction of sp³-hybridized carbons (Fsp3) is 1.00. The van der Waals surface area contributed by atoms with Gasteiger partial charge >= 0.3 is 6.18 Å². The highest BCUT2D eigenvalue weighted by atomic mass is 35.7. The molecule has 1 atom stereocenters. The molecule has 0 aromatic rings. The van der Waals surface area contributed by atoms with E-state index in [2.05, 4.69) is 10.7 Å². The van der Waals surface area contributed by atoms with Crippen molar-refractivity contribution in [3.63, 3.8) is 0 Å². The highest BCUT2D eigenvalue weighted by Crippen LogP contribution is 2.18. The van der Waals surface area contributed by atoms with E-state index >= 15 is 0 Å². The maximum atomic E-state index is 11.0. The number of alkyl halides is 3. The molecule has 0 radical (unpaired) electrons. The van der Waals surface area contributed by atoms with Gasteiger partial charge in [0.2, 0.25) is 5.75 Å². The maximum Gasteiger partial charge on any atom is 0.435 e. The molecule has 0 aromatic heterocycles. The van der Waals surface area contributed by atoms with Gasteiger partial charge in [-0.15, -0.1) is 0 Å². The lowest BCUT2D eigenvalue weighted by atomic mass is 10.8. The first-order valence-corrected chi connectivity index (χ1v) is 3.68. The number of hydrogen-bond acceptors (Lipinski definition) is 1. The van der Waals surface area contributed by atoms with Crippen molar-refractivity contribution in [2.24, 2.45) is 0 Å². The van der Waals surface area contributed by atoms with Crippen LogP contribution in [0.5, 0.6) is 0 Å². The van der Waals surface area contributed by atoms with Gasteiger partial charge in [0.15, 0.2) is 10.7 Å². The zero-order valence-corrected chi connectivity index (χ0v) is 5.11. The topological polar surface area (TPSA) is 23.1 Å². The molecule has 0 N–H and O–H groups in total. The Bertz CT molecular complexity index is 72.2. The fourth-order valence-electron chi connectivity index (χ4n) is 0.129. The molecule has 0 spiro atoms. The van der Waals surface area contributed by atoms with Gasteiger partial charge in [-0.3, -0.25) is 0 Å². The zero-order valence-electron chi connectivity index (χ0n) is 3.54. The van der Waals surface area contributed by atoms with Crippen LogP contribution in [0.1, 0.15) is 0 Å². The van der Waals surface area contributed by atoms with Gasteiger partial charge in [0, 0.05) is 0 Å². The quantitative estimate of drug-likeness (QED) is 0.541. The second-order valence-corrected chi connectivity index (χ2v) is 2.95. The van der Waals surface area contributed by atoms with Crippen LogP contribution < -0.4 is 0 Å². The molecule has 6 heteroatoms. The van der Waals surface area contributed by atoms with Gasteiger partial charge in [-0.2, -0.15) is 13.2 Å². The van der Waals surface area contributed by atoms with Gasteiger partial charge in [0.05, 0.1) is 10.4 Å². The van der Waals surface area contributed by atoms with Gasteiger partial charge in [-0.25, -0.2) is 0 Å². The fourth-order valence-corrected chi connectivity index (χ4v) is 0.757. The van der Waals surface area contributed by atoms with E-state index in [1.165, 1.54) is 0 Å². The first kappa shape index (κ1) is 8.39. The summed E-state index contributed by atoms with van der Waals surface area (Å²) in [7, 11) is 2.23. The van der Waals surface area contributed by atoms with E-state index in [-0.39, 0.29) is 0 Å². The minimum atomic E-state index is -4.41. The average molecular weight is 167 g/mol. The van der Waals surface area contributed by atoms with Crippen molar-refractivity contribution in [2.45, 2.75) is 6.18 Å². The Morgan fingerprint density at radius 1 is 1.50 bits per heavy atom. The normalized spacial score (nSPS) is 16.1. The third kappa shape index (κ3) is 6.39. The lowest BCUT2D eigenvalue weighted by Crippen LogP contribution is -2.18. The molecule has 0 aliphatic rings. The number of hydrogen-bond donors (Lipinski definition) is 0. The van der Waals surface area contributed by atoms with Crippen LogP contribution in [-0.2, 0) is 10.4 Å². The summed E-state index contributed by atoms with van der Waals surface area (Å²) >= 11 is 0. The average Bonchev–Trinajstić information content (AvgIpc) is 1.21. The smallest absolute Gasteiger partial charge is 0.435 e. The van der Waals surface area contributed by atoms with Crippen molar-refractivity contribution in [3.05, 3.63) is 0 Å². The van der Waals surface area contributed by atoms with Crippen molar-refractivity contribution in [3.8, 4) is 0 Å². The molecular weight excluding hydrogens is 165 g/mol. The van der Waals surface area contributed by atoms with E-state index in [1.54, 1.807) is 0 Å². The molecule has 0 aliphatic heterocycles. The summed E-state index contributed by atoms with van der Waals surface area (Å²) in [6.07, 6.45) is -4.41. The van der Waals surface area contributed by atoms with E-state index in [4.69, 9.17) is 0 Å². The first-order chi connectivity index (χ1) is 3.42. The molecule has 0 saturated heterocycles. The van der Waals surface area contributed by atoms with E-state index in [0.717, 1.165) is 0 Å². The second-order valence-electron chi connectivity index (χ2n) is 1.05. The van der Waals surface area contributed by atoms with Crippen LogP contribution in [0.4, 0.5) is 13.2 Å². The third-order valence-electron chi connectivity index (χ3n) is 0.277. The van der Waals surface area contributed by atoms with Gasteiger partial charge < -0.3 is 4.55 Å². The summed E-state index contributed by atoms with van der Waals surface area (Å²) in [6.45, 7) is 0. The molecule has 0 saturated carbocycles. The summed E-state index contributed by atoms with van der Waals surface area (Å²) in [5, 5.41) is 0. The monoisotopic (exact) mass is 166 g/mol. The van der Waals surface area contributed by atoms with Crippen LogP contribution in [0.2, 0.25) is 0 Å². The van der Waals surface area contributed by atoms with Gasteiger partial charge in [0.1, 0.15) is 0 Å². The molecular formula is C2H2ClF3OS. The van der Waals surface area contributed by atoms with Crippen LogP contribution in [-0.4, -0.2) is 16.5 Å². The summed E-state index contributed by atoms with van der Waals surface area (Å²) in [6, 6.07) is 0. The number of halogens is 4. The van der Waals surface area contributed by atoms with Crippen molar-refractivity contribution in [1.29, 1.82) is 0 Å². The minimum absolute atomic E-state index is 1.44. The van der Waals surface area contributed by atoms with Crippen LogP contribution in [0.15, 0.2) is 0 Å². The lowest BCUT2D eigenvalue weighted by Gasteiger charge is -2.02. The molecule has 1 unspecified atom stereocenters. The molecule has 0 bridgehead atoms. The Hall–Kier alpha value is 0.390. The molecule has 1 nitrogen and oxygen atoms in total. The van der Waals surface area contributed by atoms with Crippen molar-refractivity contribution < 1.29 is 17.7 Å². The molecule has 50 valence electrons. The Morgan fingerprint density at radius 2 is 1.88 bits per heavy atom. The van der Waals surface area contributed by atoms with Crippen molar-refractivity contribution >= 4 is 21.1 Å². The standard InChI is InChI=1S/C2H2ClF3OS/c3-8(7)1-2(4,5)6/h1H2. The van der Waals surface area contributed by atoms with Gasteiger partial charge in [-0.05, 0) is 0 Å². The lowest BCUT2D eigenvalue weighted by molar-refractivity contribution is -0.106. The summed E-state index contributed by atoms with van der Waals surface area (Å²) in [4.78, 5) is 0. The largest absolute Gasteiger partial charge is 0.599 e. The third-order valence-corrected chi connectivity index (χ3v) is 1.16. The predicted octanol–water partition coefficient (Wildman–Crippen LogP) is 1.45. The Labute approximate surface area is 51.5 Å². The second kappa shape index (κ2) is 2.80. The molecule has 8 heavy (non-hydrogen) atoms. The summed E-state index contributed by atoms with van der Waals surface area (Å²) in [5.74, 6) is -1.44. The summed E-state index contributed by atoms with van der Waals surface area (Å²) < 4.78 is 42.7. The van der Waals surface area contributed by atoms with Crippen molar-refractivity contribution in [1.82, 2.24) is 0 Å². The Morgan fingerprint density at radius 3 is 1.88 bits per heavy atom. The zero-order chi connectivity index (χ0) is 6.78. The van der Waals surface area contributed by atoms with Crippen LogP contribution >= 0.6 is 10.7 Å². The Kier molecular flexibility index (Phi) is 2.93. The van der Waals surface area contributed by atoms with Crippen LogP contribution in [0.3, 0.4) is 0 Å². The predicted molar refractivity (Wildman–Crippen MR) is 24.9 cm³/mol. The van der Waals surface area contributed by atoms with Crippen LogP contribution in [0, 0.1) is 0 Å². The minimum Gasteiger partial charge on any atom is -0.599 e. The van der Waals surface area contributed by atoms with Gasteiger partial charge in [0.25, 0.3) is 0 Å². The summed E-state index contributed by atoms with van der Waals surface area (Å²) in [5.41, 5.74) is 0. The highest BCUT2D eigenvalue weighted by molar-refractivity contribution is 8.13. The van der Waals surface area contributed by atoms with E-state index in [9.17, 15) is 17.7 Å². The molecule has 0 aliphatic carbocycles. The first-order valence-electron chi connectivity index (χ1n) is 1.53. The maximum absolute atomic E-state index is 11.0. The van der Waals surface area contributed by atoms with E-state index < -0.39 is 22.3 Å². The molecule has 0 rings (SSSR count). The Balaban J connectivity index is 3.39. The van der Waals surface area contributed by atoms with E-state index in [0.29, 0.717) is 0 Å². The van der Waals surface area contributed by atoms with Crippen LogP contribution in [0.25, 0.3) is 0 Å². The molecule has 0 heterocycles. The molecule has 0 aromatic carbocycles. The molecule has 0 amide bonds. The SMILES string of the molecule is [O-][S+](Cl)CC(F)(F)F. The van der Waals surface area contributed by atoms with Gasteiger partial charge in [-0.1, -0.05) is 0 Å². The van der Waals surface area contributed by atoms with E-state index in [1.807, 2.05) is 0 Å². The molecule has 0 fully saturated rings. The van der Waals surface area contributed by atoms with Crippen molar-refractivity contribution in [2.75, 3.05) is 5.75 Å².